The Morgan fingerprint density at radius 2 is 2.36 bits per heavy atom. The second-order valence-corrected chi connectivity index (χ2v) is 4.45. The Balaban J connectivity index is 2.12. The highest BCUT2D eigenvalue weighted by Gasteiger charge is 1.98. The summed E-state index contributed by atoms with van der Waals surface area (Å²) in [4.78, 5) is 5.64. The third-order valence-corrected chi connectivity index (χ3v) is 3.15. The minimum absolute atomic E-state index is 0.794. The van der Waals surface area contributed by atoms with Gasteiger partial charge >= 0.3 is 0 Å². The van der Waals surface area contributed by atoms with Crippen molar-refractivity contribution in [1.82, 2.24) is 10.3 Å². The molecule has 1 rings (SSSR count). The van der Waals surface area contributed by atoms with Crippen LogP contribution in [0.4, 0.5) is 0 Å². The van der Waals surface area contributed by atoms with Crippen LogP contribution in [0.1, 0.15) is 29.7 Å². The summed E-state index contributed by atoms with van der Waals surface area (Å²) in [5, 5.41) is 4.61. The molecule has 80 valence electrons. The summed E-state index contributed by atoms with van der Waals surface area (Å²) in [6.45, 7) is 4.93. The molecule has 0 spiro atoms. The monoisotopic (exact) mass is 213 g/mol. The molecule has 1 aromatic heterocycles. The first kappa shape index (κ1) is 11.6. The second-order valence-electron chi connectivity index (χ2n) is 3.25. The smallest absolute Gasteiger partial charge is 0.0925 e. The summed E-state index contributed by atoms with van der Waals surface area (Å²) in [6.07, 6.45) is 5.28. The van der Waals surface area contributed by atoms with Gasteiger partial charge in [-0.1, -0.05) is 6.92 Å². The number of unbranched alkanes of at least 4 members (excludes halogenated alkanes) is 1. The van der Waals surface area contributed by atoms with Gasteiger partial charge < -0.3 is 11.1 Å². The highest BCUT2D eigenvalue weighted by molar-refractivity contribution is 7.11. The van der Waals surface area contributed by atoms with Gasteiger partial charge in [-0.05, 0) is 32.4 Å². The van der Waals surface area contributed by atoms with Crippen molar-refractivity contribution in [1.29, 1.82) is 0 Å². The molecule has 1 aromatic rings. The van der Waals surface area contributed by atoms with Crippen molar-refractivity contribution in [3.63, 3.8) is 0 Å². The van der Waals surface area contributed by atoms with Crippen LogP contribution in [0.3, 0.4) is 0 Å². The molecule has 0 atom stereocenters. The first-order valence-corrected chi connectivity index (χ1v) is 6.02. The number of nitrogens with two attached hydrogens (primary N) is 1. The van der Waals surface area contributed by atoms with Crippen LogP contribution in [0, 0.1) is 0 Å². The molecular weight excluding hydrogens is 194 g/mol. The van der Waals surface area contributed by atoms with Gasteiger partial charge in [-0.2, -0.15) is 0 Å². The van der Waals surface area contributed by atoms with Crippen molar-refractivity contribution in [2.45, 2.75) is 32.7 Å². The number of nitrogens with one attached hydrogen (secondary N) is 1. The molecule has 0 amide bonds. The molecular formula is C10H19N3S. The molecule has 0 radical (unpaired) electrons. The van der Waals surface area contributed by atoms with Crippen LogP contribution >= 0.6 is 11.3 Å². The Morgan fingerprint density at radius 3 is 3.00 bits per heavy atom. The van der Waals surface area contributed by atoms with Gasteiger partial charge in [0.25, 0.3) is 0 Å². The number of aromatic nitrogens is 1. The molecule has 0 bridgehead atoms. The van der Waals surface area contributed by atoms with Crippen LogP contribution in [0.15, 0.2) is 6.20 Å². The molecule has 4 heteroatoms. The molecule has 0 aliphatic rings. The molecule has 0 fully saturated rings. The number of hydrogen-bond acceptors (Lipinski definition) is 4. The Labute approximate surface area is 89.7 Å². The minimum Gasteiger partial charge on any atom is -0.330 e. The van der Waals surface area contributed by atoms with Crippen molar-refractivity contribution in [3.8, 4) is 0 Å². The first-order chi connectivity index (χ1) is 6.86. The van der Waals surface area contributed by atoms with E-state index in [1.54, 1.807) is 11.3 Å². The van der Waals surface area contributed by atoms with E-state index in [2.05, 4.69) is 17.2 Å². The summed E-state index contributed by atoms with van der Waals surface area (Å²) in [6, 6.07) is 0. The maximum Gasteiger partial charge on any atom is 0.0925 e. The zero-order chi connectivity index (χ0) is 10.2. The van der Waals surface area contributed by atoms with E-state index in [0.717, 1.165) is 38.9 Å². The van der Waals surface area contributed by atoms with E-state index in [1.165, 1.54) is 9.88 Å². The number of rotatable bonds is 7. The van der Waals surface area contributed by atoms with E-state index in [4.69, 9.17) is 5.73 Å². The Bertz CT molecular complexity index is 247. The van der Waals surface area contributed by atoms with E-state index >= 15 is 0 Å². The molecule has 3 nitrogen and oxygen atoms in total. The maximum absolute atomic E-state index is 5.41. The zero-order valence-corrected chi connectivity index (χ0v) is 9.57. The van der Waals surface area contributed by atoms with Gasteiger partial charge in [-0.15, -0.1) is 11.3 Å². The molecule has 14 heavy (non-hydrogen) atoms. The van der Waals surface area contributed by atoms with E-state index in [9.17, 15) is 0 Å². The molecule has 0 aliphatic heterocycles. The number of thiazole rings is 1. The molecule has 0 saturated carbocycles. The fourth-order valence-electron chi connectivity index (χ4n) is 1.20. The largest absolute Gasteiger partial charge is 0.330 e. The third kappa shape index (κ3) is 4.17. The van der Waals surface area contributed by atoms with E-state index in [-0.39, 0.29) is 0 Å². The third-order valence-electron chi connectivity index (χ3n) is 2.01. The van der Waals surface area contributed by atoms with Gasteiger partial charge in [-0.25, -0.2) is 4.98 Å². The SMILES string of the molecule is CCc1ncc(CNCCCCN)s1. The first-order valence-electron chi connectivity index (χ1n) is 5.21. The number of nitrogens with zero attached hydrogens (tertiary/aromatic N) is 1. The maximum atomic E-state index is 5.41. The van der Waals surface area contributed by atoms with Gasteiger partial charge in [0.15, 0.2) is 0 Å². The molecule has 0 saturated heterocycles. The summed E-state index contributed by atoms with van der Waals surface area (Å²) in [5.41, 5.74) is 5.41. The predicted molar refractivity (Wildman–Crippen MR) is 61.5 cm³/mol. The Morgan fingerprint density at radius 1 is 1.50 bits per heavy atom. The van der Waals surface area contributed by atoms with Crippen LogP contribution in [-0.2, 0) is 13.0 Å². The topological polar surface area (TPSA) is 50.9 Å². The summed E-state index contributed by atoms with van der Waals surface area (Å²) >= 11 is 1.80. The summed E-state index contributed by atoms with van der Waals surface area (Å²) < 4.78 is 0. The van der Waals surface area contributed by atoms with Crippen LogP contribution in [0.2, 0.25) is 0 Å². The highest BCUT2D eigenvalue weighted by Crippen LogP contribution is 2.12. The van der Waals surface area contributed by atoms with Crippen LogP contribution in [0.25, 0.3) is 0 Å². The van der Waals surface area contributed by atoms with Crippen LogP contribution in [0.5, 0.6) is 0 Å². The second kappa shape index (κ2) is 6.92. The lowest BCUT2D eigenvalue weighted by molar-refractivity contribution is 0.631. The van der Waals surface area contributed by atoms with Crippen LogP contribution < -0.4 is 11.1 Å². The van der Waals surface area contributed by atoms with Gasteiger partial charge in [0.2, 0.25) is 0 Å². The average molecular weight is 213 g/mol. The van der Waals surface area contributed by atoms with Crippen LogP contribution in [-0.4, -0.2) is 18.1 Å². The van der Waals surface area contributed by atoms with Gasteiger partial charge in [0, 0.05) is 17.6 Å². The predicted octanol–water partition coefficient (Wildman–Crippen LogP) is 1.53. The Hall–Kier alpha value is -0.450. The number of hydrogen-bond donors (Lipinski definition) is 2. The fourth-order valence-corrected chi connectivity index (χ4v) is 2.03. The lowest BCUT2D eigenvalue weighted by Gasteiger charge is -2.00. The number of aryl methyl sites for hydroxylation is 1. The van der Waals surface area contributed by atoms with Crippen molar-refractivity contribution in [3.05, 3.63) is 16.1 Å². The van der Waals surface area contributed by atoms with E-state index in [1.807, 2.05) is 6.20 Å². The van der Waals surface area contributed by atoms with Gasteiger partial charge in [0.1, 0.15) is 0 Å². The normalized spacial score (nSPS) is 10.7. The van der Waals surface area contributed by atoms with Crippen molar-refractivity contribution < 1.29 is 0 Å². The molecule has 0 unspecified atom stereocenters. The Kier molecular flexibility index (Phi) is 5.75. The fraction of sp³-hybridized carbons (Fsp3) is 0.700. The van der Waals surface area contributed by atoms with Gasteiger partial charge in [-0.3, -0.25) is 0 Å². The summed E-state index contributed by atoms with van der Waals surface area (Å²) in [7, 11) is 0. The van der Waals surface area contributed by atoms with Crippen molar-refractivity contribution in [2.24, 2.45) is 5.73 Å². The standard InChI is InChI=1S/C10H19N3S/c1-2-10-13-8-9(14-10)7-12-6-4-3-5-11/h8,12H,2-7,11H2,1H3. The lowest BCUT2D eigenvalue weighted by atomic mass is 10.3. The average Bonchev–Trinajstić information content (AvgIpc) is 2.65. The van der Waals surface area contributed by atoms with E-state index < -0.39 is 0 Å². The van der Waals surface area contributed by atoms with Crippen molar-refractivity contribution >= 4 is 11.3 Å². The summed E-state index contributed by atoms with van der Waals surface area (Å²) in [5.74, 6) is 0. The molecule has 3 N–H and O–H groups in total. The highest BCUT2D eigenvalue weighted by atomic mass is 32.1. The molecule has 1 heterocycles. The zero-order valence-electron chi connectivity index (χ0n) is 8.75. The quantitative estimate of drug-likeness (QED) is 0.675. The lowest BCUT2D eigenvalue weighted by Crippen LogP contribution is -2.15. The van der Waals surface area contributed by atoms with Crippen molar-refractivity contribution in [2.75, 3.05) is 13.1 Å². The minimum atomic E-state index is 0.794. The van der Waals surface area contributed by atoms with Gasteiger partial charge in [0.05, 0.1) is 5.01 Å². The van der Waals surface area contributed by atoms with E-state index in [0.29, 0.717) is 0 Å². The molecule has 0 aliphatic carbocycles. The molecule has 0 aromatic carbocycles.